The fourth-order valence-electron chi connectivity index (χ4n) is 1.51. The average molecular weight is 239 g/mol. The summed E-state index contributed by atoms with van der Waals surface area (Å²) in [6, 6.07) is 1.71. The van der Waals surface area contributed by atoms with Crippen LogP contribution < -0.4 is 10.1 Å². The lowest BCUT2D eigenvalue weighted by atomic mass is 9.88. The lowest BCUT2D eigenvalue weighted by Crippen LogP contribution is -2.24. The molecule has 0 bridgehead atoms. The molecule has 2 N–H and O–H groups in total. The molecule has 0 aliphatic carbocycles. The van der Waals surface area contributed by atoms with Crippen LogP contribution in [0.15, 0.2) is 12.3 Å². The highest BCUT2D eigenvalue weighted by atomic mass is 16.5. The van der Waals surface area contributed by atoms with Gasteiger partial charge in [-0.1, -0.05) is 13.8 Å². The number of ether oxygens (including phenoxy) is 1. The molecule has 1 heterocycles. The third-order valence-electron chi connectivity index (χ3n) is 2.58. The summed E-state index contributed by atoms with van der Waals surface area (Å²) in [4.78, 5) is 8.30. The molecule has 0 atom stereocenters. The van der Waals surface area contributed by atoms with Crippen LogP contribution in [0.3, 0.4) is 0 Å². The van der Waals surface area contributed by atoms with Crippen LogP contribution in [0, 0.1) is 5.41 Å². The van der Waals surface area contributed by atoms with Crippen LogP contribution in [-0.4, -0.2) is 35.3 Å². The number of nitrogens with one attached hydrogen (secondary N) is 1. The van der Waals surface area contributed by atoms with Crippen molar-refractivity contribution in [1.82, 2.24) is 9.97 Å². The monoisotopic (exact) mass is 239 g/mol. The van der Waals surface area contributed by atoms with Gasteiger partial charge < -0.3 is 15.2 Å². The largest absolute Gasteiger partial charge is 0.481 e. The van der Waals surface area contributed by atoms with Gasteiger partial charge in [0.1, 0.15) is 0 Å². The molecule has 0 saturated carbocycles. The summed E-state index contributed by atoms with van der Waals surface area (Å²) >= 11 is 0. The van der Waals surface area contributed by atoms with Gasteiger partial charge in [0, 0.05) is 25.4 Å². The normalized spacial score (nSPS) is 11.3. The van der Waals surface area contributed by atoms with E-state index < -0.39 is 0 Å². The van der Waals surface area contributed by atoms with Crippen molar-refractivity contribution in [2.45, 2.75) is 26.7 Å². The molecule has 0 fully saturated rings. The molecule has 5 nitrogen and oxygen atoms in total. The van der Waals surface area contributed by atoms with Gasteiger partial charge in [-0.3, -0.25) is 0 Å². The van der Waals surface area contributed by atoms with Gasteiger partial charge in [0.2, 0.25) is 11.8 Å². The third kappa shape index (κ3) is 4.99. The predicted molar refractivity (Wildman–Crippen MR) is 67.2 cm³/mol. The molecule has 0 aromatic carbocycles. The lowest BCUT2D eigenvalue weighted by molar-refractivity contribution is 0.247. The van der Waals surface area contributed by atoms with Gasteiger partial charge >= 0.3 is 0 Å². The number of rotatable bonds is 7. The van der Waals surface area contributed by atoms with Gasteiger partial charge in [0.15, 0.2) is 0 Å². The van der Waals surface area contributed by atoms with Crippen molar-refractivity contribution in [3.63, 3.8) is 0 Å². The zero-order valence-corrected chi connectivity index (χ0v) is 10.7. The SMILES string of the molecule is COc1ccnc(NCC(C)(C)CCCO)n1. The first-order valence-electron chi connectivity index (χ1n) is 5.79. The highest BCUT2D eigenvalue weighted by molar-refractivity contribution is 5.27. The Labute approximate surface area is 102 Å². The molecule has 1 aromatic heterocycles. The van der Waals surface area contributed by atoms with E-state index in [1.807, 2.05) is 0 Å². The molecule has 0 spiro atoms. The second-order valence-electron chi connectivity index (χ2n) is 4.77. The van der Waals surface area contributed by atoms with Crippen molar-refractivity contribution in [2.75, 3.05) is 25.6 Å². The number of hydrogen-bond donors (Lipinski definition) is 2. The van der Waals surface area contributed by atoms with Gasteiger partial charge in [-0.25, -0.2) is 4.98 Å². The highest BCUT2D eigenvalue weighted by Crippen LogP contribution is 2.22. The van der Waals surface area contributed by atoms with E-state index in [0.717, 1.165) is 19.4 Å². The number of methoxy groups -OCH3 is 1. The molecule has 1 aromatic rings. The minimum atomic E-state index is 0.106. The predicted octanol–water partition coefficient (Wildman–Crippen LogP) is 1.70. The minimum Gasteiger partial charge on any atom is -0.481 e. The van der Waals surface area contributed by atoms with Crippen molar-refractivity contribution in [1.29, 1.82) is 0 Å². The molecular weight excluding hydrogens is 218 g/mol. The molecule has 96 valence electrons. The zero-order valence-electron chi connectivity index (χ0n) is 10.7. The Bertz CT molecular complexity index is 342. The Kier molecular flexibility index (Phi) is 5.15. The maximum absolute atomic E-state index is 8.82. The first-order valence-corrected chi connectivity index (χ1v) is 5.79. The maximum Gasteiger partial charge on any atom is 0.225 e. The number of aromatic nitrogens is 2. The molecular formula is C12H21N3O2. The summed E-state index contributed by atoms with van der Waals surface area (Å²) in [6.07, 6.45) is 3.43. The van der Waals surface area contributed by atoms with E-state index in [1.165, 1.54) is 0 Å². The molecule has 0 amide bonds. The van der Waals surface area contributed by atoms with Crippen LogP contribution in [0.2, 0.25) is 0 Å². The number of nitrogens with zero attached hydrogens (tertiary/aromatic N) is 2. The van der Waals surface area contributed by atoms with Crippen LogP contribution >= 0.6 is 0 Å². The topological polar surface area (TPSA) is 67.3 Å². The second-order valence-corrected chi connectivity index (χ2v) is 4.77. The van der Waals surface area contributed by atoms with E-state index in [4.69, 9.17) is 9.84 Å². The Morgan fingerprint density at radius 2 is 2.24 bits per heavy atom. The summed E-state index contributed by atoms with van der Waals surface area (Å²) in [5, 5.41) is 12.0. The fourth-order valence-corrected chi connectivity index (χ4v) is 1.51. The first-order chi connectivity index (χ1) is 8.07. The standard InChI is InChI=1S/C12H21N3O2/c1-12(2,6-4-8-16)9-14-11-13-7-5-10(15-11)17-3/h5,7,16H,4,6,8-9H2,1-3H3,(H,13,14,15). The Morgan fingerprint density at radius 1 is 1.47 bits per heavy atom. The van der Waals surface area contributed by atoms with Crippen LogP contribution in [0.1, 0.15) is 26.7 Å². The number of hydrogen-bond acceptors (Lipinski definition) is 5. The van der Waals surface area contributed by atoms with E-state index >= 15 is 0 Å². The van der Waals surface area contributed by atoms with Gasteiger partial charge in [-0.15, -0.1) is 0 Å². The van der Waals surface area contributed by atoms with Crippen LogP contribution in [0.25, 0.3) is 0 Å². The number of aliphatic hydroxyl groups is 1. The van der Waals surface area contributed by atoms with Crippen LogP contribution in [0.5, 0.6) is 5.88 Å². The second kappa shape index (κ2) is 6.39. The first kappa shape index (κ1) is 13.7. The van der Waals surface area contributed by atoms with Gasteiger partial charge in [-0.2, -0.15) is 4.98 Å². The van der Waals surface area contributed by atoms with Crippen molar-refractivity contribution < 1.29 is 9.84 Å². The molecule has 0 aliphatic heterocycles. The Hall–Kier alpha value is -1.36. The van der Waals surface area contributed by atoms with Crippen molar-refractivity contribution >= 4 is 5.95 Å². The quantitative estimate of drug-likeness (QED) is 0.758. The molecule has 0 radical (unpaired) electrons. The van der Waals surface area contributed by atoms with E-state index in [1.54, 1.807) is 19.4 Å². The van der Waals surface area contributed by atoms with E-state index in [0.29, 0.717) is 11.8 Å². The van der Waals surface area contributed by atoms with E-state index in [-0.39, 0.29) is 12.0 Å². The van der Waals surface area contributed by atoms with Crippen LogP contribution in [0.4, 0.5) is 5.95 Å². The minimum absolute atomic E-state index is 0.106. The van der Waals surface area contributed by atoms with Crippen molar-refractivity contribution in [3.8, 4) is 5.88 Å². The molecule has 0 aliphatic rings. The van der Waals surface area contributed by atoms with Crippen molar-refractivity contribution in [3.05, 3.63) is 12.3 Å². The van der Waals surface area contributed by atoms with Gasteiger partial charge in [0.05, 0.1) is 7.11 Å². The third-order valence-corrected chi connectivity index (χ3v) is 2.58. The Morgan fingerprint density at radius 3 is 2.88 bits per heavy atom. The number of anilines is 1. The lowest BCUT2D eigenvalue weighted by Gasteiger charge is -2.24. The van der Waals surface area contributed by atoms with E-state index in [2.05, 4.69) is 29.1 Å². The summed E-state index contributed by atoms with van der Waals surface area (Å²) in [5.74, 6) is 1.12. The zero-order chi connectivity index (χ0) is 12.7. The molecule has 1 rings (SSSR count). The summed E-state index contributed by atoms with van der Waals surface area (Å²) in [5.41, 5.74) is 0.106. The molecule has 0 saturated heterocycles. The highest BCUT2D eigenvalue weighted by Gasteiger charge is 2.17. The smallest absolute Gasteiger partial charge is 0.225 e. The molecule has 17 heavy (non-hydrogen) atoms. The van der Waals surface area contributed by atoms with E-state index in [9.17, 15) is 0 Å². The number of aliphatic hydroxyl groups excluding tert-OH is 1. The van der Waals surface area contributed by atoms with Gasteiger partial charge in [0.25, 0.3) is 0 Å². The summed E-state index contributed by atoms with van der Waals surface area (Å²) in [7, 11) is 1.58. The average Bonchev–Trinajstić information content (AvgIpc) is 2.34. The molecule has 5 heteroatoms. The Balaban J connectivity index is 2.48. The van der Waals surface area contributed by atoms with Crippen LogP contribution in [-0.2, 0) is 0 Å². The fraction of sp³-hybridized carbons (Fsp3) is 0.667. The molecule has 0 unspecified atom stereocenters. The summed E-state index contributed by atoms with van der Waals surface area (Å²) < 4.78 is 5.03. The summed E-state index contributed by atoms with van der Waals surface area (Å²) in [6.45, 7) is 5.30. The maximum atomic E-state index is 8.82. The van der Waals surface area contributed by atoms with Gasteiger partial charge in [-0.05, 0) is 18.3 Å². The van der Waals surface area contributed by atoms with Crippen molar-refractivity contribution in [2.24, 2.45) is 5.41 Å².